The Morgan fingerprint density at radius 3 is 0.882 bits per heavy atom. The second kappa shape index (κ2) is 65.2. The van der Waals surface area contributed by atoms with Crippen LogP contribution in [0.25, 0.3) is 6.08 Å². The number of aromatic hydroxyl groups is 5. The van der Waals surface area contributed by atoms with Gasteiger partial charge in [-0.2, -0.15) is 54.0 Å². The largest absolute Gasteiger partial charge is 0.507 e. The van der Waals surface area contributed by atoms with E-state index in [0.717, 1.165) is 64.2 Å². The molecule has 4 heterocycles. The number of likely N-dealkylation sites (tertiary alicyclic amines) is 4. The van der Waals surface area contributed by atoms with Gasteiger partial charge in [0.25, 0.3) is 23.6 Å². The topological polar surface area (TPSA) is 386 Å². The van der Waals surface area contributed by atoms with Gasteiger partial charge in [0.15, 0.2) is 83.7 Å². The van der Waals surface area contributed by atoms with Gasteiger partial charge in [-0.15, -0.1) is 0 Å². The molecule has 0 saturated carbocycles. The smallest absolute Gasteiger partial charge is 0.255 e. The van der Waals surface area contributed by atoms with Crippen LogP contribution in [0.2, 0.25) is 13.3 Å². The third kappa shape index (κ3) is 33.1. The van der Waals surface area contributed by atoms with Crippen LogP contribution in [-0.2, 0) is 0 Å². The fourth-order valence-corrected chi connectivity index (χ4v) is 31.0. The fraction of sp³-hybridized carbons (Fsp3) is 0.426. The number of hydrogen-bond acceptors (Lipinski definition) is 26. The SMILES string of the molecule is C=Cc1c(C(=O)N2CCCC[C@H]2COc2cccc(O)c2C=O)ccc(OC)c1OCC.C=[CH][Sn]([CH2]CCC)([CH2]CCC)[CH2]CCC.CCOc1c(OC)ccc(C(=O)N2CCCC[C@H]2COc2cccc(O)c2C=O)c1Br.CCOc1c(OC)ccc(C(=O)N2CCCC[C@H]2COc2cccc(O)c2C=O)c1C=O.COc1ccc(C(=O)N2CCCC[C@H]2COc2cccc(O)c2C=O)c(C=O)c1O.S.S.S.S. The first-order valence-electron chi connectivity index (χ1n) is 47.9. The average molecular weight is 2240 g/mol. The maximum absolute atomic E-state index is 13.6. The van der Waals surface area contributed by atoms with E-state index in [4.69, 9.17) is 52.1 Å². The Balaban J connectivity index is 0.000000379. The van der Waals surface area contributed by atoms with Gasteiger partial charge in [-0.3, -0.25) is 47.9 Å². The molecule has 4 atom stereocenters. The molecule has 0 spiro atoms. The van der Waals surface area contributed by atoms with Crippen molar-refractivity contribution in [3.05, 3.63) is 204 Å². The zero-order valence-electron chi connectivity index (χ0n) is 84.0. The maximum atomic E-state index is 13.6. The van der Waals surface area contributed by atoms with E-state index in [1.165, 1.54) is 89.1 Å². The van der Waals surface area contributed by atoms with E-state index < -0.39 is 24.3 Å². The molecule has 8 aromatic carbocycles. The quantitative estimate of drug-likeness (QED) is 0.0175. The Bertz CT molecular complexity index is 5340. The van der Waals surface area contributed by atoms with E-state index in [0.29, 0.717) is 158 Å². The van der Waals surface area contributed by atoms with Crippen molar-refractivity contribution in [3.8, 4) is 92.0 Å². The van der Waals surface area contributed by atoms with Crippen molar-refractivity contribution in [1.82, 2.24) is 19.6 Å². The van der Waals surface area contributed by atoms with Crippen LogP contribution in [0.4, 0.5) is 0 Å². The Kier molecular flexibility index (Phi) is 56.5. The third-order valence-electron chi connectivity index (χ3n) is 25.1. The number of rotatable bonds is 43. The number of nitrogens with zero attached hydrogens (tertiary/aromatic N) is 4. The van der Waals surface area contributed by atoms with Crippen LogP contribution < -0.4 is 52.1 Å². The minimum absolute atomic E-state index is 0. The van der Waals surface area contributed by atoms with Crippen LogP contribution in [0.5, 0.6) is 92.0 Å². The number of piperidine rings is 4. The molecule has 36 heteroatoms. The number of aldehydes is 6. The summed E-state index contributed by atoms with van der Waals surface area (Å²) in [4.78, 5) is 129. The molecule has 5 N–H and O–H groups in total. The van der Waals surface area contributed by atoms with E-state index in [1.807, 2.05) is 13.8 Å². The van der Waals surface area contributed by atoms with E-state index in [9.17, 15) is 73.5 Å². The number of unbranched alkanes of at least 4 members (excludes halogenated alkanes) is 3. The number of carbonyl (C=O) groups excluding carboxylic acids is 10. The molecule has 0 aliphatic carbocycles. The van der Waals surface area contributed by atoms with Gasteiger partial charge < -0.3 is 97.2 Å². The first kappa shape index (κ1) is 125. The predicted octanol–water partition coefficient (Wildman–Crippen LogP) is 21.1. The second-order valence-electron chi connectivity index (χ2n) is 33.8. The van der Waals surface area contributed by atoms with Gasteiger partial charge in [0.2, 0.25) is 0 Å². The Morgan fingerprint density at radius 2 is 0.604 bits per heavy atom. The fourth-order valence-electron chi connectivity index (χ4n) is 17.5. The molecule has 4 fully saturated rings. The molecule has 12 rings (SSSR count). The average Bonchev–Trinajstić information content (AvgIpc) is 0.789. The summed E-state index contributed by atoms with van der Waals surface area (Å²) in [5, 5.41) is 49.6. The maximum Gasteiger partial charge on any atom is 0.255 e. The van der Waals surface area contributed by atoms with Crippen molar-refractivity contribution in [2.24, 2.45) is 0 Å². The summed E-state index contributed by atoms with van der Waals surface area (Å²) >= 11 is 1.66. The predicted molar refractivity (Wildman–Crippen MR) is 583 cm³/mol. The summed E-state index contributed by atoms with van der Waals surface area (Å²) in [6, 6.07) is 30.6. The molecule has 0 bridgehead atoms. The van der Waals surface area contributed by atoms with Crippen LogP contribution in [0.1, 0.15) is 266 Å². The summed E-state index contributed by atoms with van der Waals surface area (Å²) in [5.74, 6) is 1.99. The molecule has 30 nitrogen and oxygen atoms in total. The Morgan fingerprint density at radius 1 is 0.340 bits per heavy atom. The molecule has 8 aromatic rings. The summed E-state index contributed by atoms with van der Waals surface area (Å²) < 4.78 is 69.1. The molecule has 4 amide bonds. The van der Waals surface area contributed by atoms with Gasteiger partial charge in [0.1, 0.15) is 72.4 Å². The van der Waals surface area contributed by atoms with Crippen molar-refractivity contribution in [3.63, 3.8) is 0 Å². The van der Waals surface area contributed by atoms with Gasteiger partial charge in [0, 0.05) is 31.7 Å². The Hall–Kier alpha value is -11.4. The molecular formula is C108H143BrN4O26S4Sn. The first-order chi connectivity index (χ1) is 67.9. The van der Waals surface area contributed by atoms with Gasteiger partial charge in [-0.25, -0.2) is 0 Å². The number of amides is 4. The minimum Gasteiger partial charge on any atom is -0.507 e. The molecule has 144 heavy (non-hydrogen) atoms. The molecule has 0 radical (unpaired) electrons. The second-order valence-corrected chi connectivity index (χ2v) is 47.8. The van der Waals surface area contributed by atoms with E-state index in [2.05, 4.69) is 54.0 Å². The molecule has 786 valence electrons. The number of ether oxygens (including phenoxy) is 11. The van der Waals surface area contributed by atoms with Crippen LogP contribution in [0, 0.1) is 0 Å². The van der Waals surface area contributed by atoms with Gasteiger partial charge in [-0.05, 0) is 211 Å². The normalized spacial score (nSPS) is 15.0. The number of phenols is 5. The summed E-state index contributed by atoms with van der Waals surface area (Å²) in [6.07, 6.45) is 23.5. The third-order valence-corrected chi connectivity index (χ3v) is 39.9. The van der Waals surface area contributed by atoms with Gasteiger partial charge in [0.05, 0.1) is 133 Å². The summed E-state index contributed by atoms with van der Waals surface area (Å²) in [7, 11) is 5.94. The molecule has 4 aliphatic heterocycles. The number of hydrogen-bond donors (Lipinski definition) is 5. The first-order valence-corrected chi connectivity index (χ1v) is 56.4. The van der Waals surface area contributed by atoms with Crippen LogP contribution >= 0.6 is 69.9 Å². The summed E-state index contributed by atoms with van der Waals surface area (Å²) in [5.41, 5.74) is 2.25. The van der Waals surface area contributed by atoms with Crippen LogP contribution in [0.15, 0.2) is 143 Å². The number of carbonyl (C=O) groups is 10. The molecule has 0 unspecified atom stereocenters. The standard InChI is InChI=1S/C25H29NO6.C24H27NO7.C23H26BrNO6.C22H23NO7.3C4H9.C2H3.4H2S.Sn/c1-4-18-19(12-13-23(30-3)24(18)31-5-2)25(29)26-14-7-6-9-17(26)16-32-22-11-8-10-21(28)20(22)15-27;1-3-31-23-18(13-26)17(10-11-22(23)30-2)24(29)25-12-5-4-7-16(25)15-32-21-9-6-8-20(28)19(21)14-27;1-3-30-22-20(29-2)11-10-16(21(22)24)23(28)25-12-5-4-7-15(25)14-31-19-9-6-8-18(27)17(19)13-26;1-29-20-9-8-15(16(11-24)21(20)27)22(28)23-10-3-2-5-14(23)13-30-19-7-4-6-18(26)17(19)12-25;3*1-3-4-2;1-2;;;;;/h4,8,10-13,15,17,28H,1,5-7,9,14,16H2,2-3H3;6,8-11,13-14,16,28H,3-5,7,12,15H2,1-2H3;6,8-11,13,15,27H,3-5,7,12,14H2,1-2H3;4,6-9,11-12,14,26-27H,2-3,5,10,13H2,1H3;3*1,3-4H2,2H3;1H,2H2;4*1H2;/t17-;16-;15-;14-;;;;;;;;;/m0000........./s1. The van der Waals surface area contributed by atoms with Crippen molar-refractivity contribution in [1.29, 1.82) is 0 Å². The molecule has 4 saturated heterocycles. The minimum atomic E-state index is -1.85. The van der Waals surface area contributed by atoms with Crippen LogP contribution in [0.3, 0.4) is 0 Å². The number of halogens is 1. The molecule has 4 aliphatic rings. The zero-order valence-corrected chi connectivity index (χ0v) is 92.4. The number of phenolic OH excluding ortho intramolecular Hbond substituents is 5. The van der Waals surface area contributed by atoms with Crippen molar-refractivity contribution >= 4 is 156 Å². The molecule has 0 aromatic heterocycles. The summed E-state index contributed by atoms with van der Waals surface area (Å²) in [6.45, 7) is 24.6. The molecular weight excluding hydrogens is 2100 g/mol. The Labute approximate surface area is 885 Å². The van der Waals surface area contributed by atoms with E-state index >= 15 is 0 Å². The van der Waals surface area contributed by atoms with Gasteiger partial charge in [-0.1, -0.05) is 36.9 Å². The van der Waals surface area contributed by atoms with Crippen molar-refractivity contribution in [2.45, 2.75) is 195 Å². The monoisotopic (exact) mass is 2240 g/mol. The van der Waals surface area contributed by atoms with Crippen LogP contribution in [-0.4, -0.2) is 250 Å². The number of methoxy groups -OCH3 is 4. The van der Waals surface area contributed by atoms with E-state index in [1.54, 1.807) is 145 Å². The van der Waals surface area contributed by atoms with E-state index in [-0.39, 0.29) is 219 Å². The zero-order chi connectivity index (χ0) is 102. The van der Waals surface area contributed by atoms with Crippen molar-refractivity contribution in [2.75, 3.05) is 101 Å². The van der Waals surface area contributed by atoms with Crippen molar-refractivity contribution < 1.29 is 126 Å². The number of benzene rings is 8. The van der Waals surface area contributed by atoms with Gasteiger partial charge >= 0.3 is 102 Å².